The molecule has 0 radical (unpaired) electrons. The molecule has 92 valence electrons. The van der Waals surface area contributed by atoms with Gasteiger partial charge in [0.05, 0.1) is 5.02 Å². The van der Waals surface area contributed by atoms with Crippen molar-refractivity contribution >= 4 is 39.5 Å². The van der Waals surface area contributed by atoms with Crippen molar-refractivity contribution in [1.82, 2.24) is 19.8 Å². The van der Waals surface area contributed by atoms with Gasteiger partial charge in [-0.25, -0.2) is 0 Å². The van der Waals surface area contributed by atoms with Gasteiger partial charge in [0, 0.05) is 17.0 Å². The molecule has 0 spiro atoms. The Morgan fingerprint density at radius 3 is 2.83 bits per heavy atom. The predicted octanol–water partition coefficient (Wildman–Crippen LogP) is 3.72. The van der Waals surface area contributed by atoms with Crippen LogP contribution in [0.3, 0.4) is 0 Å². The highest BCUT2D eigenvalue weighted by molar-refractivity contribution is 7.19. The number of hydrogen-bond donors (Lipinski definition) is 0. The number of halogens is 2. The predicted molar refractivity (Wildman–Crippen MR) is 73.5 cm³/mol. The summed E-state index contributed by atoms with van der Waals surface area (Å²) in [7, 11) is 0. The number of rotatable bonds is 2. The molecule has 0 unspecified atom stereocenters. The van der Waals surface area contributed by atoms with E-state index in [1.807, 2.05) is 13.0 Å². The topological polar surface area (TPSA) is 43.1 Å². The molecule has 1 aromatic carbocycles. The average molecular weight is 299 g/mol. The van der Waals surface area contributed by atoms with Crippen molar-refractivity contribution in [3.63, 3.8) is 0 Å². The van der Waals surface area contributed by atoms with Crippen molar-refractivity contribution < 1.29 is 0 Å². The summed E-state index contributed by atoms with van der Waals surface area (Å²) in [5.41, 5.74) is 0.860. The van der Waals surface area contributed by atoms with Gasteiger partial charge in [-0.15, -0.1) is 10.2 Å². The summed E-state index contributed by atoms with van der Waals surface area (Å²) in [6, 6.07) is 5.37. The molecule has 7 heteroatoms. The first-order chi connectivity index (χ1) is 8.69. The van der Waals surface area contributed by atoms with Crippen molar-refractivity contribution in [3.8, 4) is 10.6 Å². The van der Waals surface area contributed by atoms with E-state index in [-0.39, 0.29) is 0 Å². The third-order valence-electron chi connectivity index (χ3n) is 2.53. The Labute approximate surface area is 117 Å². The Kier molecular flexibility index (Phi) is 2.97. The second kappa shape index (κ2) is 4.50. The van der Waals surface area contributed by atoms with Crippen LogP contribution < -0.4 is 0 Å². The second-order valence-electron chi connectivity index (χ2n) is 3.70. The lowest BCUT2D eigenvalue weighted by Gasteiger charge is -1.99. The van der Waals surface area contributed by atoms with Crippen molar-refractivity contribution in [2.75, 3.05) is 0 Å². The maximum atomic E-state index is 6.17. The van der Waals surface area contributed by atoms with Crippen LogP contribution in [0.5, 0.6) is 0 Å². The maximum absolute atomic E-state index is 6.17. The molecule has 0 amide bonds. The van der Waals surface area contributed by atoms with Gasteiger partial charge >= 0.3 is 0 Å². The van der Waals surface area contributed by atoms with E-state index in [0.29, 0.717) is 10.0 Å². The van der Waals surface area contributed by atoms with E-state index in [4.69, 9.17) is 23.2 Å². The molecule has 0 saturated heterocycles. The van der Waals surface area contributed by atoms with Gasteiger partial charge in [-0.1, -0.05) is 41.5 Å². The molecule has 0 aliphatic rings. The zero-order chi connectivity index (χ0) is 12.7. The summed E-state index contributed by atoms with van der Waals surface area (Å²) in [4.78, 5) is 0.771. The van der Waals surface area contributed by atoms with E-state index < -0.39 is 0 Å². The molecule has 0 aliphatic carbocycles. The lowest BCUT2D eigenvalue weighted by atomic mass is 10.2. The Morgan fingerprint density at radius 2 is 2.11 bits per heavy atom. The highest BCUT2D eigenvalue weighted by atomic mass is 35.5. The van der Waals surface area contributed by atoms with Crippen LogP contribution in [0.25, 0.3) is 15.5 Å². The average Bonchev–Trinajstić information content (AvgIpc) is 2.88. The SMILES string of the molecule is CCc1nnc2sc(-c3ccc(Cl)cc3Cl)nn12. The number of benzene rings is 1. The van der Waals surface area contributed by atoms with E-state index in [2.05, 4.69) is 15.3 Å². The summed E-state index contributed by atoms with van der Waals surface area (Å²) >= 11 is 13.5. The summed E-state index contributed by atoms with van der Waals surface area (Å²) in [5, 5.41) is 14.6. The summed E-state index contributed by atoms with van der Waals surface area (Å²) in [6.07, 6.45) is 0.790. The van der Waals surface area contributed by atoms with Crippen LogP contribution in [0.15, 0.2) is 18.2 Å². The first-order valence-electron chi connectivity index (χ1n) is 5.35. The number of fused-ring (bicyclic) bond motifs is 1. The van der Waals surface area contributed by atoms with E-state index in [1.54, 1.807) is 16.6 Å². The molecule has 18 heavy (non-hydrogen) atoms. The summed E-state index contributed by atoms with van der Waals surface area (Å²) < 4.78 is 1.75. The Morgan fingerprint density at radius 1 is 1.28 bits per heavy atom. The third kappa shape index (κ3) is 1.88. The maximum Gasteiger partial charge on any atom is 0.234 e. The van der Waals surface area contributed by atoms with Crippen LogP contribution in [0.1, 0.15) is 12.7 Å². The van der Waals surface area contributed by atoms with Gasteiger partial charge in [0.15, 0.2) is 5.82 Å². The van der Waals surface area contributed by atoms with Gasteiger partial charge in [0.2, 0.25) is 4.96 Å². The minimum atomic E-state index is 0.588. The molecule has 0 bridgehead atoms. The van der Waals surface area contributed by atoms with Gasteiger partial charge in [-0.2, -0.15) is 9.61 Å². The van der Waals surface area contributed by atoms with E-state index in [0.717, 1.165) is 27.8 Å². The summed E-state index contributed by atoms with van der Waals surface area (Å²) in [6.45, 7) is 2.02. The molecule has 3 rings (SSSR count). The van der Waals surface area contributed by atoms with Crippen LogP contribution in [0, 0.1) is 0 Å². The Balaban J connectivity index is 2.16. The van der Waals surface area contributed by atoms with Gasteiger partial charge in [0.1, 0.15) is 5.01 Å². The largest absolute Gasteiger partial charge is 0.234 e. The highest BCUT2D eigenvalue weighted by Crippen LogP contribution is 2.33. The molecule has 0 atom stereocenters. The Bertz CT molecular complexity index is 719. The number of nitrogens with zero attached hydrogens (tertiary/aromatic N) is 4. The van der Waals surface area contributed by atoms with E-state index in [1.165, 1.54) is 11.3 Å². The zero-order valence-electron chi connectivity index (χ0n) is 9.39. The van der Waals surface area contributed by atoms with Crippen molar-refractivity contribution in [1.29, 1.82) is 0 Å². The van der Waals surface area contributed by atoms with Gasteiger partial charge in [-0.3, -0.25) is 0 Å². The first-order valence-corrected chi connectivity index (χ1v) is 6.93. The Hall–Kier alpha value is -1.17. The second-order valence-corrected chi connectivity index (χ2v) is 5.50. The standard InChI is InChI=1S/C11H8Cl2N4S/c1-2-9-14-15-11-17(9)16-10(18-11)7-4-3-6(12)5-8(7)13/h3-5H,2H2,1H3. The quantitative estimate of drug-likeness (QED) is 0.724. The zero-order valence-corrected chi connectivity index (χ0v) is 11.7. The highest BCUT2D eigenvalue weighted by Gasteiger charge is 2.13. The van der Waals surface area contributed by atoms with Gasteiger partial charge in [0.25, 0.3) is 0 Å². The minimum Gasteiger partial charge on any atom is -0.187 e. The number of aryl methyl sites for hydroxylation is 1. The van der Waals surface area contributed by atoms with Crippen LogP contribution in [-0.4, -0.2) is 19.8 Å². The fraction of sp³-hybridized carbons (Fsp3) is 0.182. The molecule has 0 aliphatic heterocycles. The normalized spacial score (nSPS) is 11.3. The van der Waals surface area contributed by atoms with Crippen LogP contribution in [0.4, 0.5) is 0 Å². The first kappa shape index (κ1) is 11.9. The molecule has 4 nitrogen and oxygen atoms in total. The smallest absolute Gasteiger partial charge is 0.187 e. The van der Waals surface area contributed by atoms with Crippen molar-refractivity contribution in [3.05, 3.63) is 34.1 Å². The van der Waals surface area contributed by atoms with Crippen LogP contribution >= 0.6 is 34.5 Å². The molecule has 3 aromatic rings. The van der Waals surface area contributed by atoms with Gasteiger partial charge in [-0.05, 0) is 18.2 Å². The molecule has 0 saturated carbocycles. The monoisotopic (exact) mass is 298 g/mol. The fourth-order valence-electron chi connectivity index (χ4n) is 1.65. The number of aromatic nitrogens is 4. The van der Waals surface area contributed by atoms with Crippen LogP contribution in [0.2, 0.25) is 10.0 Å². The molecule has 2 aromatic heterocycles. The van der Waals surface area contributed by atoms with Crippen molar-refractivity contribution in [2.45, 2.75) is 13.3 Å². The summed E-state index contributed by atoms with van der Waals surface area (Å²) in [5.74, 6) is 0.845. The molecular weight excluding hydrogens is 291 g/mol. The van der Waals surface area contributed by atoms with Crippen molar-refractivity contribution in [2.24, 2.45) is 0 Å². The lowest BCUT2D eigenvalue weighted by Crippen LogP contribution is -1.93. The van der Waals surface area contributed by atoms with Gasteiger partial charge < -0.3 is 0 Å². The van der Waals surface area contributed by atoms with E-state index in [9.17, 15) is 0 Å². The molecule has 2 heterocycles. The minimum absolute atomic E-state index is 0.588. The third-order valence-corrected chi connectivity index (χ3v) is 4.01. The lowest BCUT2D eigenvalue weighted by molar-refractivity contribution is 0.838. The number of hydrogen-bond acceptors (Lipinski definition) is 4. The molecule has 0 fully saturated rings. The molecular formula is C11H8Cl2N4S. The van der Waals surface area contributed by atoms with E-state index >= 15 is 0 Å². The fourth-order valence-corrected chi connectivity index (χ4v) is 3.10. The molecule has 0 N–H and O–H groups in total. The van der Waals surface area contributed by atoms with Crippen LogP contribution in [-0.2, 0) is 6.42 Å².